The molecule has 0 heterocycles. The lowest BCUT2D eigenvalue weighted by Crippen LogP contribution is -2.29. The molecule has 0 radical (unpaired) electrons. The van der Waals surface area contributed by atoms with Gasteiger partial charge in [0, 0.05) is 26.2 Å². The van der Waals surface area contributed by atoms with Crippen LogP contribution in [0.5, 0.6) is 0 Å². The zero-order valence-electron chi connectivity index (χ0n) is 11.8. The zero-order chi connectivity index (χ0) is 16.0. The Labute approximate surface area is 120 Å². The third-order valence-corrected chi connectivity index (χ3v) is 2.57. The summed E-state index contributed by atoms with van der Waals surface area (Å²) in [5.74, 6) is -0.414. The maximum atomic E-state index is 11.8. The fourth-order valence-electron chi connectivity index (χ4n) is 1.63. The molecule has 0 aliphatic heterocycles. The minimum absolute atomic E-state index is 0.00967. The van der Waals surface area contributed by atoms with E-state index in [0.717, 1.165) is 5.69 Å². The number of nitrogens with one attached hydrogen (secondary N) is 1. The highest BCUT2D eigenvalue weighted by molar-refractivity contribution is 5.96. The van der Waals surface area contributed by atoms with Crippen LogP contribution in [0.15, 0.2) is 18.2 Å². The molecule has 1 aromatic carbocycles. The van der Waals surface area contributed by atoms with Gasteiger partial charge in [0.15, 0.2) is 0 Å². The van der Waals surface area contributed by atoms with Crippen molar-refractivity contribution in [2.45, 2.75) is 6.18 Å². The number of nitrogen functional groups attached to an aromatic ring is 1. The van der Waals surface area contributed by atoms with Crippen LogP contribution in [0.1, 0.15) is 10.4 Å². The molecule has 8 heteroatoms. The van der Waals surface area contributed by atoms with Crippen LogP contribution in [-0.4, -0.2) is 45.9 Å². The quantitative estimate of drug-likeness (QED) is 0.619. The Kier molecular flexibility index (Phi) is 5.83. The molecule has 0 aliphatic rings. The van der Waals surface area contributed by atoms with Crippen LogP contribution in [-0.2, 0) is 4.74 Å². The van der Waals surface area contributed by atoms with Gasteiger partial charge >= 0.3 is 6.18 Å². The monoisotopic (exact) mass is 305 g/mol. The van der Waals surface area contributed by atoms with Crippen molar-refractivity contribution in [3.8, 4) is 0 Å². The normalized spacial score (nSPS) is 11.3. The third-order valence-electron chi connectivity index (χ3n) is 2.57. The van der Waals surface area contributed by atoms with Crippen molar-refractivity contribution in [2.24, 2.45) is 0 Å². The van der Waals surface area contributed by atoms with E-state index in [1.165, 1.54) is 6.07 Å². The summed E-state index contributed by atoms with van der Waals surface area (Å²) in [7, 11) is 3.65. The Morgan fingerprint density at radius 2 is 2.05 bits per heavy atom. The fourth-order valence-corrected chi connectivity index (χ4v) is 1.63. The largest absolute Gasteiger partial charge is 0.411 e. The van der Waals surface area contributed by atoms with Crippen LogP contribution in [0.25, 0.3) is 0 Å². The van der Waals surface area contributed by atoms with Crippen molar-refractivity contribution in [2.75, 3.05) is 44.5 Å². The predicted molar refractivity (Wildman–Crippen MR) is 74.4 cm³/mol. The summed E-state index contributed by atoms with van der Waals surface area (Å²) in [6.07, 6.45) is -4.36. The molecule has 0 saturated heterocycles. The van der Waals surface area contributed by atoms with Crippen molar-refractivity contribution in [1.29, 1.82) is 0 Å². The van der Waals surface area contributed by atoms with E-state index >= 15 is 0 Å². The Bertz CT molecular complexity index is 490. The summed E-state index contributed by atoms with van der Waals surface area (Å²) in [5, 5.41) is 2.46. The number of hydrogen-bond acceptors (Lipinski definition) is 4. The van der Waals surface area contributed by atoms with E-state index in [0.29, 0.717) is 11.3 Å². The third kappa shape index (κ3) is 5.90. The van der Waals surface area contributed by atoms with E-state index in [9.17, 15) is 18.0 Å². The molecular weight excluding hydrogens is 287 g/mol. The summed E-state index contributed by atoms with van der Waals surface area (Å²) >= 11 is 0. The molecule has 0 bridgehead atoms. The standard InChI is InChI=1S/C13H18F3N3O2/c1-19(2)11-4-3-9(7-10(11)17)12(20)18-5-6-21-8-13(14,15)16/h3-4,7H,5-6,8,17H2,1-2H3,(H,18,20). The highest BCUT2D eigenvalue weighted by Crippen LogP contribution is 2.22. The van der Waals surface area contributed by atoms with Crippen molar-refractivity contribution in [3.05, 3.63) is 23.8 Å². The average molecular weight is 305 g/mol. The Morgan fingerprint density at radius 1 is 1.38 bits per heavy atom. The summed E-state index contributed by atoms with van der Waals surface area (Å²) < 4.78 is 39.9. The molecule has 0 atom stereocenters. The van der Waals surface area contributed by atoms with E-state index in [1.54, 1.807) is 12.1 Å². The summed E-state index contributed by atoms with van der Waals surface area (Å²) in [6.45, 7) is -1.55. The predicted octanol–water partition coefficient (Wildman–Crippen LogP) is 1.64. The Morgan fingerprint density at radius 3 is 2.57 bits per heavy atom. The van der Waals surface area contributed by atoms with Crippen LogP contribution >= 0.6 is 0 Å². The number of carbonyl (C=O) groups is 1. The number of carbonyl (C=O) groups excluding carboxylic acids is 1. The average Bonchev–Trinajstić information content (AvgIpc) is 2.36. The van der Waals surface area contributed by atoms with Crippen molar-refractivity contribution in [1.82, 2.24) is 5.32 Å². The molecule has 1 rings (SSSR count). The molecule has 21 heavy (non-hydrogen) atoms. The SMILES string of the molecule is CN(C)c1ccc(C(=O)NCCOCC(F)(F)F)cc1N. The summed E-state index contributed by atoms with van der Waals surface area (Å²) in [5.41, 5.74) is 7.38. The van der Waals surface area contributed by atoms with Gasteiger partial charge in [-0.05, 0) is 18.2 Å². The minimum atomic E-state index is -4.36. The summed E-state index contributed by atoms with van der Waals surface area (Å²) in [4.78, 5) is 13.6. The molecule has 0 saturated carbocycles. The molecule has 5 nitrogen and oxygen atoms in total. The number of nitrogens with zero attached hydrogens (tertiary/aromatic N) is 1. The van der Waals surface area contributed by atoms with E-state index in [1.807, 2.05) is 19.0 Å². The van der Waals surface area contributed by atoms with Gasteiger partial charge in [-0.2, -0.15) is 13.2 Å². The maximum Gasteiger partial charge on any atom is 0.411 e. The van der Waals surface area contributed by atoms with E-state index in [2.05, 4.69) is 10.1 Å². The molecular formula is C13H18F3N3O2. The molecule has 0 aromatic heterocycles. The van der Waals surface area contributed by atoms with Gasteiger partial charge in [0.25, 0.3) is 5.91 Å². The topological polar surface area (TPSA) is 67.6 Å². The molecule has 3 N–H and O–H groups in total. The van der Waals surface area contributed by atoms with E-state index in [-0.39, 0.29) is 13.2 Å². The molecule has 118 valence electrons. The van der Waals surface area contributed by atoms with Crippen LogP contribution < -0.4 is 16.0 Å². The molecule has 0 spiro atoms. The van der Waals surface area contributed by atoms with Gasteiger partial charge in [-0.15, -0.1) is 0 Å². The molecule has 0 fully saturated rings. The van der Waals surface area contributed by atoms with E-state index < -0.39 is 18.7 Å². The minimum Gasteiger partial charge on any atom is -0.397 e. The Balaban J connectivity index is 2.44. The number of amides is 1. The number of ether oxygens (including phenoxy) is 1. The molecule has 1 amide bonds. The van der Waals surface area contributed by atoms with Gasteiger partial charge in [0.2, 0.25) is 0 Å². The lowest BCUT2D eigenvalue weighted by Gasteiger charge is -2.16. The molecule has 0 aliphatic carbocycles. The van der Waals surface area contributed by atoms with Gasteiger partial charge < -0.3 is 20.7 Å². The van der Waals surface area contributed by atoms with Crippen molar-refractivity contribution >= 4 is 17.3 Å². The first-order chi connectivity index (χ1) is 9.70. The van der Waals surface area contributed by atoms with E-state index in [4.69, 9.17) is 5.73 Å². The number of hydrogen-bond donors (Lipinski definition) is 2. The lowest BCUT2D eigenvalue weighted by atomic mass is 10.1. The maximum absolute atomic E-state index is 11.8. The number of halogens is 3. The van der Waals surface area contributed by atoms with Crippen LogP contribution in [0.2, 0.25) is 0 Å². The summed E-state index contributed by atoms with van der Waals surface area (Å²) in [6, 6.07) is 4.81. The van der Waals surface area contributed by atoms with Gasteiger partial charge in [0.05, 0.1) is 18.0 Å². The van der Waals surface area contributed by atoms with Crippen molar-refractivity contribution < 1.29 is 22.7 Å². The zero-order valence-corrected chi connectivity index (χ0v) is 11.8. The number of benzene rings is 1. The number of anilines is 2. The smallest absolute Gasteiger partial charge is 0.397 e. The molecule has 0 unspecified atom stereocenters. The molecule has 1 aromatic rings. The van der Waals surface area contributed by atoms with Gasteiger partial charge in [-0.3, -0.25) is 4.79 Å². The van der Waals surface area contributed by atoms with Gasteiger partial charge in [-0.1, -0.05) is 0 Å². The van der Waals surface area contributed by atoms with Gasteiger partial charge in [-0.25, -0.2) is 0 Å². The van der Waals surface area contributed by atoms with Crippen LogP contribution in [0, 0.1) is 0 Å². The second-order valence-corrected chi connectivity index (χ2v) is 4.59. The van der Waals surface area contributed by atoms with Crippen molar-refractivity contribution in [3.63, 3.8) is 0 Å². The highest BCUT2D eigenvalue weighted by Gasteiger charge is 2.27. The fraction of sp³-hybridized carbons (Fsp3) is 0.462. The van der Waals surface area contributed by atoms with Crippen LogP contribution in [0.3, 0.4) is 0 Å². The van der Waals surface area contributed by atoms with Crippen LogP contribution in [0.4, 0.5) is 24.5 Å². The number of rotatable bonds is 6. The Hall–Kier alpha value is -1.96. The highest BCUT2D eigenvalue weighted by atomic mass is 19.4. The first-order valence-electron chi connectivity index (χ1n) is 6.20. The first-order valence-corrected chi connectivity index (χ1v) is 6.20. The lowest BCUT2D eigenvalue weighted by molar-refractivity contribution is -0.173. The number of nitrogens with two attached hydrogens (primary N) is 1. The first kappa shape index (κ1) is 17.1. The second kappa shape index (κ2) is 7.16. The number of alkyl halides is 3. The van der Waals surface area contributed by atoms with Gasteiger partial charge in [0.1, 0.15) is 6.61 Å². The second-order valence-electron chi connectivity index (χ2n) is 4.59.